The highest BCUT2D eigenvalue weighted by atomic mass is 32.1. The Morgan fingerprint density at radius 3 is 2.41 bits per heavy atom. The molecule has 1 aliphatic heterocycles. The Balaban J connectivity index is 1.20. The molecule has 0 bridgehead atoms. The molecule has 0 atom stereocenters. The van der Waals surface area contributed by atoms with Crippen molar-refractivity contribution in [2.24, 2.45) is 5.41 Å². The van der Waals surface area contributed by atoms with Gasteiger partial charge in [0.05, 0.1) is 44.5 Å². The van der Waals surface area contributed by atoms with Gasteiger partial charge in [-0.3, -0.25) is 9.69 Å². The number of likely N-dealkylation sites (N-methyl/N-ethyl adjacent to an activating group) is 1. The summed E-state index contributed by atoms with van der Waals surface area (Å²) in [6.07, 6.45) is 1.43. The third kappa shape index (κ3) is 6.16. The number of amides is 1. The van der Waals surface area contributed by atoms with E-state index in [4.69, 9.17) is 14.5 Å². The number of hydrogen-bond donors (Lipinski definition) is 0. The normalized spacial score (nSPS) is 17.4. The highest BCUT2D eigenvalue weighted by Gasteiger charge is 2.45. The van der Waals surface area contributed by atoms with Crippen LogP contribution in [-0.2, 0) is 27.2 Å². The molecule has 2 aliphatic rings. The summed E-state index contributed by atoms with van der Waals surface area (Å²) in [5.41, 5.74) is 2.65. The third-order valence-electron chi connectivity index (χ3n) is 8.01. The quantitative estimate of drug-likeness (QED) is 0.285. The molecule has 0 spiro atoms. The Bertz CT molecular complexity index is 1290. The van der Waals surface area contributed by atoms with E-state index in [1.807, 2.05) is 53.9 Å². The number of carbonyl (C=O) groups is 2. The van der Waals surface area contributed by atoms with Crippen LogP contribution in [0.15, 0.2) is 53.9 Å². The van der Waals surface area contributed by atoms with Gasteiger partial charge in [-0.15, -0.1) is 11.3 Å². The lowest BCUT2D eigenvalue weighted by Gasteiger charge is -2.37. The first-order valence-corrected chi connectivity index (χ1v) is 14.3. The summed E-state index contributed by atoms with van der Waals surface area (Å²) in [7, 11) is 3.95. The van der Waals surface area contributed by atoms with Crippen molar-refractivity contribution in [1.29, 1.82) is 0 Å². The molecule has 0 radical (unpaired) electrons. The van der Waals surface area contributed by atoms with Gasteiger partial charge in [-0.2, -0.15) is 0 Å². The number of ether oxygens (including phenoxy) is 2. The number of rotatable bonds is 10. The fourth-order valence-corrected chi connectivity index (χ4v) is 6.48. The largest absolute Gasteiger partial charge is 0.550 e. The van der Waals surface area contributed by atoms with Gasteiger partial charge >= 0.3 is 0 Å². The van der Waals surface area contributed by atoms with Crippen LogP contribution in [0.2, 0.25) is 0 Å². The summed E-state index contributed by atoms with van der Waals surface area (Å²) in [6, 6.07) is 15.6. The zero-order chi connectivity index (χ0) is 27.5. The van der Waals surface area contributed by atoms with Crippen LogP contribution in [0.25, 0.3) is 11.3 Å². The molecular weight excluding hydrogens is 514 g/mol. The Morgan fingerprint density at radius 1 is 1.10 bits per heavy atom. The van der Waals surface area contributed by atoms with Crippen molar-refractivity contribution in [3.8, 4) is 17.0 Å². The molecule has 2 aromatic carbocycles. The molecule has 1 amide bonds. The molecule has 8 nitrogen and oxygen atoms in total. The number of benzene rings is 2. The van der Waals surface area contributed by atoms with E-state index in [1.54, 1.807) is 7.05 Å². The lowest BCUT2D eigenvalue weighted by atomic mass is 9.80. The molecule has 206 valence electrons. The maximum atomic E-state index is 13.7. The highest BCUT2D eigenvalue weighted by molar-refractivity contribution is 7.14. The first-order valence-electron chi connectivity index (χ1n) is 13.4. The second-order valence-electron chi connectivity index (χ2n) is 11.0. The second-order valence-corrected chi connectivity index (χ2v) is 11.8. The van der Waals surface area contributed by atoms with Gasteiger partial charge in [0.1, 0.15) is 18.8 Å². The third-order valence-corrected chi connectivity index (χ3v) is 8.93. The topological polar surface area (TPSA) is 91.8 Å². The van der Waals surface area contributed by atoms with Crippen LogP contribution in [0.3, 0.4) is 0 Å². The number of carboxylic acid groups (broad SMARTS) is 1. The van der Waals surface area contributed by atoms with Crippen LogP contribution in [-0.4, -0.2) is 74.9 Å². The van der Waals surface area contributed by atoms with E-state index in [0.717, 1.165) is 71.9 Å². The van der Waals surface area contributed by atoms with E-state index in [2.05, 4.69) is 7.05 Å². The minimum Gasteiger partial charge on any atom is -0.550 e. The minimum atomic E-state index is -1.22. The number of aromatic nitrogens is 1. The van der Waals surface area contributed by atoms with Crippen molar-refractivity contribution in [3.05, 3.63) is 65.0 Å². The minimum absolute atomic E-state index is 0.249. The molecule has 3 aromatic rings. The maximum absolute atomic E-state index is 13.7. The van der Waals surface area contributed by atoms with Gasteiger partial charge in [-0.25, -0.2) is 4.98 Å². The summed E-state index contributed by atoms with van der Waals surface area (Å²) in [6.45, 7) is 5.50. The van der Waals surface area contributed by atoms with Crippen molar-refractivity contribution < 1.29 is 28.7 Å². The van der Waals surface area contributed by atoms with E-state index in [-0.39, 0.29) is 12.3 Å². The number of fused-ring (bicyclic) bond motifs is 1. The second kappa shape index (κ2) is 11.5. The smallest absolute Gasteiger partial charge is 0.235 e. The van der Waals surface area contributed by atoms with Crippen LogP contribution in [0.5, 0.6) is 5.75 Å². The van der Waals surface area contributed by atoms with Crippen molar-refractivity contribution in [1.82, 2.24) is 4.98 Å². The Labute approximate surface area is 233 Å². The van der Waals surface area contributed by atoms with Gasteiger partial charge in [0.15, 0.2) is 5.13 Å². The van der Waals surface area contributed by atoms with Crippen molar-refractivity contribution >= 4 is 28.3 Å². The number of carboxylic acids is 1. The zero-order valence-electron chi connectivity index (χ0n) is 22.6. The molecule has 0 saturated carbocycles. The van der Waals surface area contributed by atoms with Crippen LogP contribution in [0.4, 0.5) is 5.13 Å². The van der Waals surface area contributed by atoms with Crippen molar-refractivity contribution in [3.63, 3.8) is 0 Å². The molecule has 1 fully saturated rings. The van der Waals surface area contributed by atoms with E-state index >= 15 is 0 Å². The van der Waals surface area contributed by atoms with Crippen molar-refractivity contribution in [2.45, 2.75) is 25.7 Å². The van der Waals surface area contributed by atoms with E-state index in [0.29, 0.717) is 24.6 Å². The average molecular weight is 550 g/mol. The number of carbonyl (C=O) groups excluding carboxylic acids is 2. The molecule has 2 heterocycles. The fraction of sp³-hybridized carbons (Fsp3) is 0.433. The molecule has 0 unspecified atom stereocenters. The van der Waals surface area contributed by atoms with Crippen LogP contribution in [0.1, 0.15) is 24.0 Å². The number of nitrogens with zero attached hydrogens (tertiary/aromatic N) is 3. The standard InChI is InChI=1S/C30H35N3O5S/c1-32(28(36)30(20-27(34)35)18-23-6-3-4-7-24(23)19-30)29-31-26(21-39-29)22-8-10-25(11-9-22)38-15-5-12-33(2)13-16-37-17-14-33/h3-4,6-11,21H,5,12-20H2,1-2H3. The van der Waals surface area contributed by atoms with Gasteiger partial charge < -0.3 is 23.9 Å². The Kier molecular flexibility index (Phi) is 8.02. The van der Waals surface area contributed by atoms with E-state index in [1.165, 1.54) is 16.2 Å². The lowest BCUT2D eigenvalue weighted by Crippen LogP contribution is -2.52. The first-order chi connectivity index (χ1) is 18.8. The van der Waals surface area contributed by atoms with Gasteiger partial charge in [-0.1, -0.05) is 24.3 Å². The maximum Gasteiger partial charge on any atom is 0.235 e. The van der Waals surface area contributed by atoms with Crippen molar-refractivity contribution in [2.75, 3.05) is 58.5 Å². The van der Waals surface area contributed by atoms with E-state index in [9.17, 15) is 14.7 Å². The summed E-state index contributed by atoms with van der Waals surface area (Å²) < 4.78 is 12.5. The Hall–Kier alpha value is -3.27. The number of aliphatic carboxylic acids is 1. The van der Waals surface area contributed by atoms with Gasteiger partial charge in [0.25, 0.3) is 0 Å². The predicted molar refractivity (Wildman–Crippen MR) is 149 cm³/mol. The molecule has 1 saturated heterocycles. The average Bonchev–Trinajstić information content (AvgIpc) is 3.56. The summed E-state index contributed by atoms with van der Waals surface area (Å²) >= 11 is 1.36. The molecule has 1 aromatic heterocycles. The van der Waals surface area contributed by atoms with Crippen LogP contribution < -0.4 is 14.7 Å². The molecule has 9 heteroatoms. The SMILES string of the molecule is CN(C(=O)C1(CC(=O)[O-])Cc2ccccc2C1)c1nc(-c2ccc(OCCC[N+]3(C)CCOCC3)cc2)cs1. The lowest BCUT2D eigenvalue weighted by molar-refractivity contribution is -0.917. The van der Waals surface area contributed by atoms with Crippen LogP contribution in [0, 0.1) is 5.41 Å². The first kappa shape index (κ1) is 27.3. The predicted octanol–water partition coefficient (Wildman–Crippen LogP) is 2.94. The number of hydrogen-bond acceptors (Lipinski definition) is 7. The number of quaternary nitrogens is 1. The highest BCUT2D eigenvalue weighted by Crippen LogP contribution is 2.42. The monoisotopic (exact) mass is 549 g/mol. The molecule has 0 N–H and O–H groups in total. The Morgan fingerprint density at radius 2 is 1.77 bits per heavy atom. The summed E-state index contributed by atoms with van der Waals surface area (Å²) in [4.78, 5) is 31.5. The molecule has 1 aliphatic carbocycles. The molecular formula is C30H35N3O5S. The summed E-state index contributed by atoms with van der Waals surface area (Å²) in [5, 5.41) is 14.1. The number of thiazole rings is 1. The summed E-state index contributed by atoms with van der Waals surface area (Å²) in [5.74, 6) is -0.652. The number of anilines is 1. The molecule has 39 heavy (non-hydrogen) atoms. The van der Waals surface area contributed by atoms with E-state index < -0.39 is 11.4 Å². The van der Waals surface area contributed by atoms with Gasteiger partial charge in [0, 0.05) is 36.8 Å². The van der Waals surface area contributed by atoms with Crippen LogP contribution >= 0.6 is 11.3 Å². The molecule has 5 rings (SSSR count). The zero-order valence-corrected chi connectivity index (χ0v) is 23.4. The van der Waals surface area contributed by atoms with Gasteiger partial charge in [0.2, 0.25) is 5.91 Å². The number of morpholine rings is 1. The van der Waals surface area contributed by atoms with Gasteiger partial charge in [-0.05, 0) is 48.2 Å². The fourth-order valence-electron chi connectivity index (χ4n) is 5.68.